The van der Waals surface area contributed by atoms with Gasteiger partial charge in [0.1, 0.15) is 256 Å². The lowest BCUT2D eigenvalue weighted by Crippen LogP contribution is -2.70. The molecule has 142 heavy (non-hydrogen) atoms. The first-order valence-electron chi connectivity index (χ1n) is 45.3. The summed E-state index contributed by atoms with van der Waals surface area (Å²) in [4.78, 5) is 64.9. The third-order valence-corrected chi connectivity index (χ3v) is 25.7. The Labute approximate surface area is 805 Å². The second-order valence-electron chi connectivity index (χ2n) is 35.6. The smallest absolute Gasteiger partial charge is 0.250 e. The quantitative estimate of drug-likeness (QED) is 0.0289. The third kappa shape index (κ3) is 26.3. The van der Waals surface area contributed by atoms with Gasteiger partial charge in [-0.15, -0.1) is 0 Å². The molecular weight excluding hydrogens is 1940 g/mol. The Bertz CT molecular complexity index is 4100. The Morgan fingerprint density at radius 2 is 0.606 bits per heavy atom. The number of rotatable bonds is 41. The monoisotopic (exact) mass is 2070 g/mol. The predicted molar refractivity (Wildman–Crippen MR) is 446 cm³/mol. The molecule has 0 radical (unpaired) electrons. The number of primary amides is 1. The van der Waals surface area contributed by atoms with E-state index in [2.05, 4.69) is 26.6 Å². The van der Waals surface area contributed by atoms with Crippen LogP contribution in [0, 0.1) is 0 Å². The summed E-state index contributed by atoms with van der Waals surface area (Å²) >= 11 is 0. The average Bonchev–Trinajstić information content (AvgIpc) is 0.765. The summed E-state index contributed by atoms with van der Waals surface area (Å²) in [7, 11) is 0. The fourth-order valence-corrected chi connectivity index (χ4v) is 18.1. The van der Waals surface area contributed by atoms with Crippen LogP contribution in [0.1, 0.15) is 45.0 Å². The van der Waals surface area contributed by atoms with Gasteiger partial charge < -0.3 is 280 Å². The van der Waals surface area contributed by atoms with E-state index in [0.29, 0.717) is 0 Å². The summed E-state index contributed by atoms with van der Waals surface area (Å²) in [6.07, 6.45) is -108. The molecule has 10 saturated heterocycles. The standard InChI is InChI=1S/C81H132N6O55/c1-21(97)62(42(102)28(84-22(2)98)10-83-27-9-7-6-8-26(27)71(82)122)134-72-39(85-23(3)99)50(110)65(35(17-94)130-72)137-79-61(121)68(140-81-70(56(116)46(106)32(14-91)129-81)142-74-41(87-25(5)101)52(112)64(37(19-96)132-74)136-78-60(120)67(48(108)34(16-93)127-78)139-76-58(118)54(114)44(104)30(12-89)125-76)49(109)38(133-79)20-123-80-69(55(115)45(105)31(13-90)128-80)141-73-40(86-24(4)100)51(111)63(36(18-95)131-73)135-77-59(119)66(47(107)33(15-92)126-77)138-75-57(117)53(113)43(103)29(11-88)124-75/h6-9,21,28-70,72-81,83,88-97,102-121H,10-20H2,1-5H3,(H2,82,122)(H,84,98)(H,85,99)(H,86,100)(H,87,101). The van der Waals surface area contributed by atoms with Gasteiger partial charge in [-0.3, -0.25) is 24.0 Å². The van der Waals surface area contributed by atoms with Crippen molar-refractivity contribution < 1.29 is 272 Å². The molecule has 10 aliphatic rings. The Hall–Kier alpha value is -5.63. The van der Waals surface area contributed by atoms with Crippen molar-refractivity contribution >= 4 is 35.2 Å². The average molecular weight is 2070 g/mol. The lowest BCUT2D eigenvalue weighted by atomic mass is 9.94. The molecule has 0 saturated carbocycles. The van der Waals surface area contributed by atoms with Gasteiger partial charge in [0.15, 0.2) is 62.9 Å². The van der Waals surface area contributed by atoms with E-state index in [0.717, 1.165) is 34.6 Å². The number of hydrogen-bond acceptors (Lipinski definition) is 56. The number of amides is 5. The summed E-state index contributed by atoms with van der Waals surface area (Å²) in [5.74, 6) is -4.69. The Morgan fingerprint density at radius 3 is 0.965 bits per heavy atom. The normalized spacial score (nSPS) is 45.2. The fraction of sp³-hybridized carbons (Fsp3) is 0.864. The number of nitrogens with one attached hydrogen (secondary N) is 5. The van der Waals surface area contributed by atoms with Crippen molar-refractivity contribution in [3.05, 3.63) is 29.8 Å². The van der Waals surface area contributed by atoms with E-state index in [9.17, 15) is 177 Å². The highest BCUT2D eigenvalue weighted by molar-refractivity contribution is 5.98. The van der Waals surface area contributed by atoms with Crippen LogP contribution in [0.15, 0.2) is 24.3 Å². The van der Waals surface area contributed by atoms with E-state index in [1.54, 1.807) is 0 Å². The summed E-state index contributed by atoms with van der Waals surface area (Å²) in [5.41, 5.74) is 5.67. The largest absolute Gasteiger partial charge is 0.394 e. The van der Waals surface area contributed by atoms with Crippen LogP contribution in [0.3, 0.4) is 0 Å². The summed E-state index contributed by atoms with van der Waals surface area (Å²) in [6.45, 7) is -7.22. The van der Waals surface area contributed by atoms with Crippen LogP contribution in [-0.2, 0) is 114 Å². The van der Waals surface area contributed by atoms with Crippen LogP contribution in [0.25, 0.3) is 0 Å². The Balaban J connectivity index is 0.909. The van der Waals surface area contributed by atoms with Crippen LogP contribution in [0.2, 0.25) is 0 Å². The molecule has 0 aliphatic carbocycles. The SMILES string of the molecule is CC(=O)NC(CNc1ccccc1C(N)=O)C(O)C(OC1OC(CO)C(OC2OC(COC3OC(CO)C(O)C(O)C3OC3OC(CO)C(OC4OC(CO)C(O)C(OC5OC(CO)C(O)C(O)C5O)C4O)C(O)C3NC(C)=O)C(O)C(OC3OC(CO)C(O)C(O)C3OC3OC(CO)C(OC4OC(CO)C(O)C(OC5OC(CO)C(O)C(O)C5O)C4O)C(O)C3NC(C)=O)C2O)C(O)C1NC(C)=O)C(C)O. The van der Waals surface area contributed by atoms with E-state index >= 15 is 0 Å². The molecule has 61 nitrogen and oxygen atoms in total. The molecule has 10 fully saturated rings. The Morgan fingerprint density at radius 1 is 0.317 bits per heavy atom. The van der Waals surface area contributed by atoms with Gasteiger partial charge in [0.25, 0.3) is 5.91 Å². The van der Waals surface area contributed by atoms with Crippen LogP contribution < -0.4 is 32.3 Å². The second-order valence-corrected chi connectivity index (χ2v) is 35.6. The maximum Gasteiger partial charge on any atom is 0.250 e. The van der Waals surface area contributed by atoms with E-state index in [1.807, 2.05) is 0 Å². The van der Waals surface area contributed by atoms with Gasteiger partial charge in [0, 0.05) is 39.9 Å². The number of aliphatic hydroxyl groups is 30. The molecule has 1 aromatic rings. The number of benzene rings is 1. The zero-order chi connectivity index (χ0) is 105. The molecule has 37 N–H and O–H groups in total. The molecule has 10 heterocycles. The van der Waals surface area contributed by atoms with Crippen molar-refractivity contribution in [2.45, 2.75) is 366 Å². The highest BCUT2D eigenvalue weighted by Crippen LogP contribution is 2.42. The van der Waals surface area contributed by atoms with Crippen molar-refractivity contribution in [3.63, 3.8) is 0 Å². The zero-order valence-corrected chi connectivity index (χ0v) is 76.5. The van der Waals surface area contributed by atoms with E-state index < -0.39 is 433 Å². The maximum absolute atomic E-state index is 13.3. The van der Waals surface area contributed by atoms with Gasteiger partial charge in [0.2, 0.25) is 23.6 Å². The first-order chi connectivity index (χ1) is 67.2. The molecule has 5 amide bonds. The summed E-state index contributed by atoms with van der Waals surface area (Å²) in [6, 6.07) is -1.82. The first-order valence-corrected chi connectivity index (χ1v) is 45.3. The van der Waals surface area contributed by atoms with Gasteiger partial charge in [-0.25, -0.2) is 0 Å². The lowest BCUT2D eigenvalue weighted by Gasteiger charge is -2.51. The summed E-state index contributed by atoms with van der Waals surface area (Å²) < 4.78 is 119. The third-order valence-electron chi connectivity index (χ3n) is 25.7. The van der Waals surface area contributed by atoms with Crippen molar-refractivity contribution in [1.29, 1.82) is 0 Å². The molecule has 11 rings (SSSR count). The van der Waals surface area contributed by atoms with Gasteiger partial charge in [0.05, 0.1) is 83.8 Å². The number of aliphatic hydroxyl groups excluding tert-OH is 30. The molecule has 0 aromatic heterocycles. The number of carbonyl (C=O) groups excluding carboxylic acids is 5. The minimum atomic E-state index is -2.67. The first kappa shape index (κ1) is 117. The number of carbonyl (C=O) groups is 5. The van der Waals surface area contributed by atoms with Crippen molar-refractivity contribution in [2.75, 3.05) is 77.9 Å². The molecule has 61 heteroatoms. The van der Waals surface area contributed by atoms with E-state index in [4.69, 9.17) is 100 Å². The topological polar surface area (TPSA) is 963 Å². The van der Waals surface area contributed by atoms with Gasteiger partial charge in [-0.1, -0.05) is 12.1 Å². The van der Waals surface area contributed by atoms with Crippen molar-refractivity contribution in [3.8, 4) is 0 Å². The van der Waals surface area contributed by atoms with Crippen molar-refractivity contribution in [1.82, 2.24) is 21.3 Å². The highest BCUT2D eigenvalue weighted by Gasteiger charge is 2.63. The Kier molecular flexibility index (Phi) is 42.5. The minimum Gasteiger partial charge on any atom is -0.394 e. The number of hydrogen-bond donors (Lipinski definition) is 36. The highest BCUT2D eigenvalue weighted by atomic mass is 16.8. The molecular formula is C81H132N6O55. The predicted octanol–water partition coefficient (Wildman–Crippen LogP) is -22.5. The van der Waals surface area contributed by atoms with Gasteiger partial charge >= 0.3 is 0 Å². The molecule has 0 bridgehead atoms. The lowest BCUT2D eigenvalue weighted by molar-refractivity contribution is -0.400. The second kappa shape index (κ2) is 51.7. The van der Waals surface area contributed by atoms with E-state index in [-0.39, 0.29) is 11.3 Å². The zero-order valence-electron chi connectivity index (χ0n) is 76.5. The maximum atomic E-state index is 13.3. The molecule has 0 spiro atoms. The minimum absolute atomic E-state index is 0.0304. The van der Waals surface area contributed by atoms with Crippen molar-refractivity contribution in [2.24, 2.45) is 5.73 Å². The van der Waals surface area contributed by atoms with Gasteiger partial charge in [-0.2, -0.15) is 0 Å². The number of anilines is 1. The number of ether oxygens (including phenoxy) is 20. The fourth-order valence-electron chi connectivity index (χ4n) is 18.1. The van der Waals surface area contributed by atoms with Gasteiger partial charge in [-0.05, 0) is 19.1 Å². The van der Waals surface area contributed by atoms with E-state index in [1.165, 1.54) is 24.3 Å². The molecule has 10 aliphatic heterocycles. The van der Waals surface area contributed by atoms with Crippen LogP contribution in [-0.4, -0.2) is 587 Å². The molecule has 1 aromatic carbocycles. The number of para-hydroxylation sites is 1. The molecule has 816 valence electrons. The molecule has 54 unspecified atom stereocenters. The van der Waals surface area contributed by atoms with Crippen LogP contribution in [0.4, 0.5) is 5.69 Å². The van der Waals surface area contributed by atoms with Crippen LogP contribution >= 0.6 is 0 Å². The summed E-state index contributed by atoms with van der Waals surface area (Å²) in [5, 5.41) is 351. The molecule has 54 atom stereocenters. The van der Waals surface area contributed by atoms with Crippen LogP contribution in [0.5, 0.6) is 0 Å². The number of nitrogens with two attached hydrogens (primary N) is 1.